The molecule has 1 aromatic rings. The normalized spacial score (nSPS) is 12.4. The van der Waals surface area contributed by atoms with Crippen molar-refractivity contribution in [3.8, 4) is 0 Å². The highest BCUT2D eigenvalue weighted by atomic mass is 19.1. The van der Waals surface area contributed by atoms with Crippen LogP contribution in [0.1, 0.15) is 33.3 Å². The zero-order chi connectivity index (χ0) is 14.8. The zero-order valence-corrected chi connectivity index (χ0v) is 11.8. The molecule has 5 heteroatoms. The van der Waals surface area contributed by atoms with Gasteiger partial charge in [0.15, 0.2) is 0 Å². The molecule has 0 radical (unpaired) electrons. The molecule has 1 aromatic carbocycles. The van der Waals surface area contributed by atoms with Gasteiger partial charge in [0.2, 0.25) is 0 Å². The maximum atomic E-state index is 13.1. The van der Waals surface area contributed by atoms with E-state index in [2.05, 4.69) is 6.58 Å². The van der Waals surface area contributed by atoms with Gasteiger partial charge in [-0.25, -0.2) is 4.39 Å². The first-order valence-corrected chi connectivity index (χ1v) is 6.07. The quantitative estimate of drug-likeness (QED) is 0.805. The summed E-state index contributed by atoms with van der Waals surface area (Å²) < 4.78 is 18.6. The van der Waals surface area contributed by atoms with Crippen molar-refractivity contribution in [3.63, 3.8) is 0 Å². The zero-order valence-electron chi connectivity index (χ0n) is 11.8. The molecule has 104 valence electrons. The third-order valence-corrected chi connectivity index (χ3v) is 3.37. The lowest BCUT2D eigenvalue weighted by atomic mass is 9.73. The Labute approximate surface area is 113 Å². The van der Waals surface area contributed by atoms with Crippen LogP contribution in [0.2, 0.25) is 0 Å². The van der Waals surface area contributed by atoms with Gasteiger partial charge in [-0.1, -0.05) is 18.7 Å². The monoisotopic (exact) mass is 266 g/mol. The Bertz CT molecular complexity index is 466. The summed E-state index contributed by atoms with van der Waals surface area (Å²) >= 11 is 0. The molecule has 0 bridgehead atoms. The minimum absolute atomic E-state index is 0.247. The fraction of sp³-hybridized carbons (Fsp3) is 0.429. The highest BCUT2D eigenvalue weighted by Gasteiger charge is 2.39. The summed E-state index contributed by atoms with van der Waals surface area (Å²) in [7, 11) is -1.32. The molecule has 0 saturated heterocycles. The van der Waals surface area contributed by atoms with E-state index < -0.39 is 24.1 Å². The molecule has 2 N–H and O–H groups in total. The Balaban J connectivity index is 2.85. The van der Waals surface area contributed by atoms with Gasteiger partial charge >= 0.3 is 7.12 Å². The van der Waals surface area contributed by atoms with Gasteiger partial charge < -0.3 is 14.8 Å². The molecule has 0 aliphatic carbocycles. The Morgan fingerprint density at radius 3 is 2.37 bits per heavy atom. The van der Waals surface area contributed by atoms with Gasteiger partial charge in [-0.2, -0.15) is 0 Å². The summed E-state index contributed by atoms with van der Waals surface area (Å²) in [4.78, 5) is 0. The molecule has 0 fully saturated rings. The fourth-order valence-electron chi connectivity index (χ4n) is 1.33. The Morgan fingerprint density at radius 2 is 1.89 bits per heavy atom. The maximum absolute atomic E-state index is 13.1. The van der Waals surface area contributed by atoms with Gasteiger partial charge in [0.05, 0.1) is 11.2 Å². The van der Waals surface area contributed by atoms with Gasteiger partial charge in [0.1, 0.15) is 5.82 Å². The first-order valence-electron chi connectivity index (χ1n) is 6.07. The smallest absolute Gasteiger partial charge is 0.423 e. The minimum Gasteiger partial charge on any atom is -0.423 e. The van der Waals surface area contributed by atoms with E-state index in [0.717, 1.165) is 0 Å². The van der Waals surface area contributed by atoms with E-state index in [1.54, 1.807) is 33.8 Å². The van der Waals surface area contributed by atoms with Crippen molar-refractivity contribution in [1.29, 1.82) is 0 Å². The van der Waals surface area contributed by atoms with E-state index in [1.807, 2.05) is 0 Å². The summed E-state index contributed by atoms with van der Waals surface area (Å²) in [6, 6.07) is 5.75. The van der Waals surface area contributed by atoms with Crippen LogP contribution in [0.15, 0.2) is 30.8 Å². The number of benzene rings is 1. The number of hydrogen-bond donors (Lipinski definition) is 2. The van der Waals surface area contributed by atoms with E-state index in [0.29, 0.717) is 5.56 Å². The van der Waals surface area contributed by atoms with Crippen molar-refractivity contribution in [2.45, 2.75) is 38.9 Å². The molecule has 0 heterocycles. The predicted octanol–water partition coefficient (Wildman–Crippen LogP) is 2.42. The van der Waals surface area contributed by atoms with Crippen molar-refractivity contribution >= 4 is 12.6 Å². The lowest BCUT2D eigenvalue weighted by Gasteiger charge is -2.38. The average molecular weight is 266 g/mol. The number of rotatable bonds is 5. The highest BCUT2D eigenvalue weighted by molar-refractivity contribution is 6.66. The van der Waals surface area contributed by atoms with Crippen LogP contribution in [-0.4, -0.2) is 28.5 Å². The number of aliphatic hydroxyl groups is 1. The molecule has 3 nitrogen and oxygen atoms in total. The van der Waals surface area contributed by atoms with Crippen molar-refractivity contribution in [3.05, 3.63) is 42.2 Å². The highest BCUT2D eigenvalue weighted by Crippen LogP contribution is 2.28. The summed E-state index contributed by atoms with van der Waals surface area (Å²) in [5, 5.41) is 20.0. The van der Waals surface area contributed by atoms with E-state index in [-0.39, 0.29) is 5.47 Å². The lowest BCUT2D eigenvalue weighted by Crippen LogP contribution is -2.50. The first kappa shape index (κ1) is 15.9. The van der Waals surface area contributed by atoms with E-state index in [1.165, 1.54) is 18.2 Å². The van der Waals surface area contributed by atoms with Gasteiger partial charge in [0.25, 0.3) is 0 Å². The Morgan fingerprint density at radius 1 is 1.32 bits per heavy atom. The molecule has 0 atom stereocenters. The summed E-state index contributed by atoms with van der Waals surface area (Å²) in [5.74, 6) is -0.410. The molecule has 0 saturated carbocycles. The molecular weight excluding hydrogens is 246 g/mol. The third-order valence-electron chi connectivity index (χ3n) is 3.37. The second kappa shape index (κ2) is 5.45. The average Bonchev–Trinajstić information content (AvgIpc) is 2.25. The minimum atomic E-state index is -1.32. The van der Waals surface area contributed by atoms with Crippen molar-refractivity contribution in [2.75, 3.05) is 0 Å². The van der Waals surface area contributed by atoms with Crippen LogP contribution in [0, 0.1) is 5.82 Å². The topological polar surface area (TPSA) is 49.7 Å². The SMILES string of the molecule is C=C(B(O)OC(C)(C)C(C)(C)O)c1cccc(F)c1. The summed E-state index contributed by atoms with van der Waals surface area (Å²) in [5.41, 5.74) is -1.42. The predicted molar refractivity (Wildman–Crippen MR) is 74.9 cm³/mol. The molecule has 0 spiro atoms. The van der Waals surface area contributed by atoms with Gasteiger partial charge in [-0.15, -0.1) is 0 Å². The van der Waals surface area contributed by atoms with E-state index in [4.69, 9.17) is 4.65 Å². The van der Waals surface area contributed by atoms with E-state index >= 15 is 0 Å². The molecule has 0 aliphatic heterocycles. The first-order chi connectivity index (χ1) is 8.54. The molecule has 0 amide bonds. The Hall–Kier alpha value is -1.17. The van der Waals surface area contributed by atoms with Crippen LogP contribution in [0.4, 0.5) is 4.39 Å². The van der Waals surface area contributed by atoms with Crippen LogP contribution >= 0.6 is 0 Å². The molecule has 0 aromatic heterocycles. The van der Waals surface area contributed by atoms with Crippen LogP contribution in [-0.2, 0) is 4.65 Å². The molecule has 0 unspecified atom stereocenters. The maximum Gasteiger partial charge on any atom is 0.491 e. The van der Waals surface area contributed by atoms with Crippen molar-refractivity contribution in [1.82, 2.24) is 0 Å². The lowest BCUT2D eigenvalue weighted by molar-refractivity contribution is -0.0981. The molecule has 19 heavy (non-hydrogen) atoms. The van der Waals surface area contributed by atoms with Crippen LogP contribution in [0.5, 0.6) is 0 Å². The summed E-state index contributed by atoms with van der Waals surface area (Å²) in [6.07, 6.45) is 0. The third kappa shape index (κ3) is 3.90. The van der Waals surface area contributed by atoms with Crippen LogP contribution < -0.4 is 0 Å². The summed E-state index contributed by atoms with van der Waals surface area (Å²) in [6.45, 7) is 10.2. The van der Waals surface area contributed by atoms with E-state index in [9.17, 15) is 14.5 Å². The number of hydrogen-bond acceptors (Lipinski definition) is 3. The van der Waals surface area contributed by atoms with Crippen molar-refractivity contribution in [2.24, 2.45) is 0 Å². The molecular formula is C14H20BFO3. The van der Waals surface area contributed by atoms with Crippen LogP contribution in [0.3, 0.4) is 0 Å². The Kier molecular flexibility index (Phi) is 4.56. The fourth-order valence-corrected chi connectivity index (χ4v) is 1.33. The standard InChI is InChI=1S/C14H20BFO3/c1-10(11-7-6-8-12(16)9-11)15(18)19-14(4,5)13(2,3)17/h6-9,17-18H,1H2,2-5H3. The van der Waals surface area contributed by atoms with Crippen molar-refractivity contribution < 1.29 is 19.2 Å². The second-order valence-corrected chi connectivity index (χ2v) is 5.58. The van der Waals surface area contributed by atoms with Gasteiger partial charge in [0, 0.05) is 0 Å². The van der Waals surface area contributed by atoms with Crippen LogP contribution in [0.25, 0.3) is 5.47 Å². The molecule has 0 aliphatic rings. The second-order valence-electron chi connectivity index (χ2n) is 5.58. The largest absolute Gasteiger partial charge is 0.491 e. The molecule has 1 rings (SSSR count). The van der Waals surface area contributed by atoms with Gasteiger partial charge in [-0.05, 0) is 50.9 Å². The van der Waals surface area contributed by atoms with Gasteiger partial charge in [-0.3, -0.25) is 0 Å². The number of halogens is 1.